The molecule has 3 heterocycles. The molecule has 1 aliphatic carbocycles. The zero-order valence-corrected chi connectivity index (χ0v) is 21.0. The predicted octanol–water partition coefficient (Wildman–Crippen LogP) is 2.45. The number of aromatic nitrogens is 2. The number of nitrogens with zero attached hydrogens (tertiary/aromatic N) is 4. The maximum Gasteiger partial charge on any atom is 0.341 e. The second-order valence-corrected chi connectivity index (χ2v) is 9.20. The number of carboxylic acid groups (broad SMARTS) is 1. The predicted molar refractivity (Wildman–Crippen MR) is 134 cm³/mol. The number of ether oxygens (including phenoxy) is 1. The third kappa shape index (κ3) is 5.73. The number of hydrogen-bond donors (Lipinski definition) is 2. The SMILES string of the molecule is CCCOC(=O)/C=C(/C)NCC1CN(c2nc3c(cc2F)c(=O)c(C(=O)O)cn3C2CC2)C/C1=N\OC. The minimum atomic E-state index is -1.36. The topological polar surface area (TPSA) is 135 Å². The van der Waals surface area contributed by atoms with E-state index in [-0.39, 0.29) is 35.4 Å². The van der Waals surface area contributed by atoms with Gasteiger partial charge in [0.1, 0.15) is 18.3 Å². The van der Waals surface area contributed by atoms with E-state index in [0.29, 0.717) is 31.1 Å². The number of anilines is 1. The Morgan fingerprint density at radius 2 is 2.14 bits per heavy atom. The number of rotatable bonds is 10. The molecule has 2 fully saturated rings. The van der Waals surface area contributed by atoms with Crippen molar-refractivity contribution in [1.29, 1.82) is 0 Å². The Balaban J connectivity index is 1.60. The third-order valence-corrected chi connectivity index (χ3v) is 6.29. The third-order valence-electron chi connectivity index (χ3n) is 6.29. The van der Waals surface area contributed by atoms with Crippen LogP contribution in [-0.4, -0.2) is 65.7 Å². The molecule has 1 saturated carbocycles. The van der Waals surface area contributed by atoms with Crippen LogP contribution in [0.25, 0.3) is 11.0 Å². The molecule has 2 N–H and O–H groups in total. The number of aromatic carboxylic acids is 1. The fraction of sp³-hybridized carbons (Fsp3) is 0.480. The second kappa shape index (κ2) is 11.0. The maximum atomic E-state index is 15.3. The summed E-state index contributed by atoms with van der Waals surface area (Å²) >= 11 is 0. The highest BCUT2D eigenvalue weighted by Gasteiger charge is 2.34. The van der Waals surface area contributed by atoms with Gasteiger partial charge in [0.15, 0.2) is 11.6 Å². The standard InChI is InChI=1S/C25H30FN5O6/c1-4-7-37-21(32)8-14(2)27-10-15-11-30(13-20(15)29-36-3)24-19(26)9-17-22(33)18(25(34)35)12-31(16-5-6-16)23(17)28-24/h8-9,12,15-16,27H,4-7,10-11,13H2,1-3H3,(H,34,35)/b14-8-,29-20+. The monoisotopic (exact) mass is 515 g/mol. The van der Waals surface area contributed by atoms with Crippen molar-refractivity contribution in [3.8, 4) is 0 Å². The number of pyridine rings is 2. The number of hydrogen-bond acceptors (Lipinski definition) is 9. The van der Waals surface area contributed by atoms with Crippen LogP contribution in [0.5, 0.6) is 0 Å². The van der Waals surface area contributed by atoms with E-state index >= 15 is 4.39 Å². The van der Waals surface area contributed by atoms with Gasteiger partial charge in [0, 0.05) is 43.0 Å². The fourth-order valence-corrected chi connectivity index (χ4v) is 4.32. The minimum Gasteiger partial charge on any atom is -0.477 e. The summed E-state index contributed by atoms with van der Waals surface area (Å²) < 4.78 is 22.0. The first kappa shape index (κ1) is 26.1. The molecule has 1 aliphatic heterocycles. The van der Waals surface area contributed by atoms with Gasteiger partial charge < -0.3 is 29.5 Å². The lowest BCUT2D eigenvalue weighted by Gasteiger charge is -2.20. The molecule has 0 spiro atoms. The van der Waals surface area contributed by atoms with E-state index in [1.807, 2.05) is 6.92 Å². The number of carboxylic acids is 1. The number of esters is 1. The summed E-state index contributed by atoms with van der Waals surface area (Å²) in [4.78, 5) is 47.3. The van der Waals surface area contributed by atoms with E-state index in [9.17, 15) is 19.5 Å². The summed E-state index contributed by atoms with van der Waals surface area (Å²) in [5, 5.41) is 16.7. The Bertz CT molecular complexity index is 1330. The largest absolute Gasteiger partial charge is 0.477 e. The van der Waals surface area contributed by atoms with Crippen LogP contribution in [0.4, 0.5) is 10.2 Å². The van der Waals surface area contributed by atoms with Crippen LogP contribution < -0.4 is 15.6 Å². The summed E-state index contributed by atoms with van der Waals surface area (Å²) in [6, 6.07) is 1.09. The lowest BCUT2D eigenvalue weighted by molar-refractivity contribution is -0.137. The Hall–Kier alpha value is -3.96. The summed E-state index contributed by atoms with van der Waals surface area (Å²) in [5.74, 6) is -2.64. The van der Waals surface area contributed by atoms with Gasteiger partial charge in [0.25, 0.3) is 0 Å². The molecule has 1 unspecified atom stereocenters. The smallest absolute Gasteiger partial charge is 0.341 e. The van der Waals surface area contributed by atoms with Crippen LogP contribution in [0.2, 0.25) is 0 Å². The van der Waals surface area contributed by atoms with Gasteiger partial charge in [-0.3, -0.25) is 4.79 Å². The lowest BCUT2D eigenvalue weighted by atomic mass is 10.1. The number of carbonyl (C=O) groups is 2. The van der Waals surface area contributed by atoms with Gasteiger partial charge in [-0.25, -0.2) is 19.0 Å². The molecule has 12 heteroatoms. The molecular formula is C25H30FN5O6. The van der Waals surface area contributed by atoms with Crippen LogP contribution in [-0.2, 0) is 14.4 Å². The molecule has 198 valence electrons. The summed E-state index contributed by atoms with van der Waals surface area (Å²) in [5.41, 5.74) is 0.372. The molecule has 4 rings (SSSR count). The molecule has 0 amide bonds. The van der Waals surface area contributed by atoms with Crippen LogP contribution in [0.15, 0.2) is 34.0 Å². The minimum absolute atomic E-state index is 0.0203. The normalized spacial score (nSPS) is 18.9. The van der Waals surface area contributed by atoms with E-state index < -0.39 is 28.7 Å². The van der Waals surface area contributed by atoms with E-state index in [2.05, 4.69) is 15.5 Å². The molecule has 1 saturated heterocycles. The van der Waals surface area contributed by atoms with Gasteiger partial charge in [-0.15, -0.1) is 0 Å². The van der Waals surface area contributed by atoms with Crippen molar-refractivity contribution in [1.82, 2.24) is 14.9 Å². The maximum absolute atomic E-state index is 15.3. The van der Waals surface area contributed by atoms with Crippen LogP contribution in [0.3, 0.4) is 0 Å². The first-order chi connectivity index (χ1) is 17.7. The Kier molecular flexibility index (Phi) is 7.74. The van der Waals surface area contributed by atoms with Crippen molar-refractivity contribution < 1.29 is 28.7 Å². The van der Waals surface area contributed by atoms with E-state index in [1.54, 1.807) is 16.4 Å². The molecule has 2 aromatic rings. The number of oxime groups is 1. The van der Waals surface area contributed by atoms with Gasteiger partial charge in [-0.2, -0.15) is 0 Å². The van der Waals surface area contributed by atoms with E-state index in [1.165, 1.54) is 19.4 Å². The first-order valence-electron chi connectivity index (χ1n) is 12.2. The molecule has 0 radical (unpaired) electrons. The van der Waals surface area contributed by atoms with Gasteiger partial charge in [-0.1, -0.05) is 12.1 Å². The number of halogens is 1. The van der Waals surface area contributed by atoms with Crippen LogP contribution in [0, 0.1) is 11.7 Å². The Morgan fingerprint density at radius 3 is 2.78 bits per heavy atom. The number of allylic oxidation sites excluding steroid dienone is 1. The number of fused-ring (bicyclic) bond motifs is 1. The van der Waals surface area contributed by atoms with Gasteiger partial charge >= 0.3 is 11.9 Å². The summed E-state index contributed by atoms with van der Waals surface area (Å²) in [6.07, 6.45) is 5.06. The van der Waals surface area contributed by atoms with Crippen molar-refractivity contribution in [3.63, 3.8) is 0 Å². The van der Waals surface area contributed by atoms with Crippen molar-refractivity contribution in [2.75, 3.05) is 38.3 Å². The van der Waals surface area contributed by atoms with Gasteiger partial charge in [-0.05, 0) is 32.3 Å². The molecular weight excluding hydrogens is 485 g/mol. The summed E-state index contributed by atoms with van der Waals surface area (Å²) in [7, 11) is 1.43. The summed E-state index contributed by atoms with van der Waals surface area (Å²) in [6.45, 7) is 5.03. The number of carbonyl (C=O) groups excluding carboxylic acids is 1. The van der Waals surface area contributed by atoms with Crippen molar-refractivity contribution in [2.24, 2.45) is 11.1 Å². The quantitative estimate of drug-likeness (QED) is 0.278. The van der Waals surface area contributed by atoms with Crippen LogP contribution >= 0.6 is 0 Å². The molecule has 2 aliphatic rings. The van der Waals surface area contributed by atoms with Gasteiger partial charge in [0.2, 0.25) is 5.43 Å². The number of nitrogens with one attached hydrogen (secondary N) is 1. The van der Waals surface area contributed by atoms with E-state index in [0.717, 1.165) is 25.3 Å². The molecule has 37 heavy (non-hydrogen) atoms. The van der Waals surface area contributed by atoms with Gasteiger partial charge in [0.05, 0.1) is 24.2 Å². The molecule has 11 nitrogen and oxygen atoms in total. The van der Waals surface area contributed by atoms with Crippen molar-refractivity contribution in [3.05, 3.63) is 45.6 Å². The van der Waals surface area contributed by atoms with E-state index in [4.69, 9.17) is 9.57 Å². The second-order valence-electron chi connectivity index (χ2n) is 9.20. The highest BCUT2D eigenvalue weighted by atomic mass is 19.1. The molecule has 1 atom stereocenters. The highest BCUT2D eigenvalue weighted by Crippen LogP contribution is 2.37. The molecule has 0 bridgehead atoms. The van der Waals surface area contributed by atoms with Crippen LogP contribution in [0.1, 0.15) is 49.5 Å². The highest BCUT2D eigenvalue weighted by molar-refractivity contribution is 5.95. The Labute approximate surface area is 212 Å². The Morgan fingerprint density at radius 1 is 1.38 bits per heavy atom. The molecule has 2 aromatic heterocycles. The van der Waals surface area contributed by atoms with Crippen molar-refractivity contribution in [2.45, 2.75) is 39.2 Å². The van der Waals surface area contributed by atoms with Crippen molar-refractivity contribution >= 4 is 34.5 Å². The first-order valence-corrected chi connectivity index (χ1v) is 12.2. The fourth-order valence-electron chi connectivity index (χ4n) is 4.32. The zero-order chi connectivity index (χ0) is 26.7. The molecule has 0 aromatic carbocycles. The zero-order valence-electron chi connectivity index (χ0n) is 21.0. The lowest BCUT2D eigenvalue weighted by Crippen LogP contribution is -2.28. The average Bonchev–Trinajstić information content (AvgIpc) is 3.62. The average molecular weight is 516 g/mol.